The summed E-state index contributed by atoms with van der Waals surface area (Å²) < 4.78 is 24.4. The molecule has 1 saturated heterocycles. The minimum atomic E-state index is -0.850. The first-order chi connectivity index (χ1) is 20.4. The van der Waals surface area contributed by atoms with Crippen LogP contribution in [0.5, 0.6) is 0 Å². The summed E-state index contributed by atoms with van der Waals surface area (Å²) in [6.07, 6.45) is 0.824. The summed E-state index contributed by atoms with van der Waals surface area (Å²) in [5.41, 5.74) is 2.42. The van der Waals surface area contributed by atoms with Gasteiger partial charge in [0.2, 0.25) is 11.8 Å². The SMILES string of the molecule is C[C@H](NC(=O)OCc1ccccc1)C(=O)Nc1ccc(C2S/C(=N\c3cccc(F)c3)N(Cc3ccco3)C2=O)cc1. The Morgan fingerprint density at radius 3 is 2.55 bits per heavy atom. The molecule has 2 N–H and O–H groups in total. The molecule has 1 fully saturated rings. The van der Waals surface area contributed by atoms with Crippen molar-refractivity contribution in [2.45, 2.75) is 31.4 Å². The lowest BCUT2D eigenvalue weighted by Crippen LogP contribution is -2.41. The molecule has 42 heavy (non-hydrogen) atoms. The molecule has 0 bridgehead atoms. The van der Waals surface area contributed by atoms with E-state index in [1.165, 1.54) is 35.1 Å². The number of thioether (sulfide) groups is 1. The molecule has 0 spiro atoms. The predicted molar refractivity (Wildman–Crippen MR) is 157 cm³/mol. The summed E-state index contributed by atoms with van der Waals surface area (Å²) in [6, 6.07) is 24.6. The summed E-state index contributed by atoms with van der Waals surface area (Å²) in [6.45, 7) is 1.82. The van der Waals surface area contributed by atoms with Crippen LogP contribution in [0.25, 0.3) is 0 Å². The molecule has 5 rings (SSSR count). The number of carbonyl (C=O) groups excluding carboxylic acids is 3. The van der Waals surface area contributed by atoms with Crippen LogP contribution in [0.15, 0.2) is 107 Å². The predicted octanol–water partition coefficient (Wildman–Crippen LogP) is 6.18. The Morgan fingerprint density at radius 2 is 1.83 bits per heavy atom. The number of hydrogen-bond donors (Lipinski definition) is 2. The quantitative estimate of drug-likeness (QED) is 0.242. The fourth-order valence-corrected chi connectivity index (χ4v) is 5.28. The lowest BCUT2D eigenvalue weighted by atomic mass is 10.1. The van der Waals surface area contributed by atoms with Crippen LogP contribution in [-0.2, 0) is 27.5 Å². The molecule has 0 saturated carbocycles. The molecular formula is C31H27FN4O5S. The van der Waals surface area contributed by atoms with Gasteiger partial charge in [0, 0.05) is 5.69 Å². The Hall–Kier alpha value is -4.90. The van der Waals surface area contributed by atoms with Gasteiger partial charge in [-0.1, -0.05) is 60.3 Å². The zero-order chi connectivity index (χ0) is 29.5. The Kier molecular flexibility index (Phi) is 8.98. The molecule has 11 heteroatoms. The third-order valence-electron chi connectivity index (χ3n) is 6.29. The number of amides is 3. The lowest BCUT2D eigenvalue weighted by molar-refractivity contribution is -0.126. The normalized spacial score (nSPS) is 16.3. The monoisotopic (exact) mass is 586 g/mol. The van der Waals surface area contributed by atoms with E-state index in [9.17, 15) is 18.8 Å². The number of anilines is 1. The number of halogens is 1. The maximum atomic E-state index is 13.8. The highest BCUT2D eigenvalue weighted by atomic mass is 32.2. The average molecular weight is 587 g/mol. The van der Waals surface area contributed by atoms with E-state index in [4.69, 9.17) is 9.15 Å². The number of benzene rings is 3. The van der Waals surface area contributed by atoms with E-state index in [1.54, 1.807) is 55.5 Å². The van der Waals surface area contributed by atoms with Crippen molar-refractivity contribution in [2.75, 3.05) is 5.32 Å². The molecule has 3 aromatic carbocycles. The molecule has 9 nitrogen and oxygen atoms in total. The summed E-state index contributed by atoms with van der Waals surface area (Å²) in [5, 5.41) is 5.08. The second-order valence-corrected chi connectivity index (χ2v) is 10.5. The van der Waals surface area contributed by atoms with Gasteiger partial charge >= 0.3 is 6.09 Å². The number of amidine groups is 1. The molecule has 4 aromatic rings. The number of rotatable bonds is 9. The van der Waals surface area contributed by atoms with Crippen molar-refractivity contribution in [1.82, 2.24) is 10.2 Å². The van der Waals surface area contributed by atoms with Crippen molar-refractivity contribution >= 4 is 46.2 Å². The smallest absolute Gasteiger partial charge is 0.408 e. The Balaban J connectivity index is 1.22. The molecular weight excluding hydrogens is 559 g/mol. The maximum absolute atomic E-state index is 13.8. The first kappa shape index (κ1) is 28.6. The standard InChI is InChI=1S/C31H27FN4O5S/c1-20(33-31(39)41-19-21-7-3-2-4-8-21)28(37)34-24-14-12-22(13-15-24)27-29(38)36(18-26-11-6-16-40-26)30(42-27)35-25-10-5-9-23(32)17-25/h2-17,20,27H,18-19H2,1H3,(H,33,39)(H,34,37)/b35-30-/t20-,27?/m0/s1. The van der Waals surface area contributed by atoms with Gasteiger partial charge in [0.1, 0.15) is 29.5 Å². The van der Waals surface area contributed by atoms with Gasteiger partial charge in [-0.3, -0.25) is 14.5 Å². The first-order valence-corrected chi connectivity index (χ1v) is 14.0. The average Bonchev–Trinajstić information content (AvgIpc) is 3.61. The molecule has 214 valence electrons. The number of alkyl carbamates (subject to hydrolysis) is 1. The molecule has 3 amide bonds. The molecule has 0 radical (unpaired) electrons. The van der Waals surface area contributed by atoms with E-state index >= 15 is 0 Å². The van der Waals surface area contributed by atoms with E-state index in [1.807, 2.05) is 30.3 Å². The third-order valence-corrected chi connectivity index (χ3v) is 7.52. The van der Waals surface area contributed by atoms with E-state index in [-0.39, 0.29) is 19.1 Å². The third kappa shape index (κ3) is 7.24. The summed E-state index contributed by atoms with van der Waals surface area (Å²) >= 11 is 1.25. The Morgan fingerprint density at radius 1 is 1.05 bits per heavy atom. The highest BCUT2D eigenvalue weighted by Gasteiger charge is 2.39. The van der Waals surface area contributed by atoms with Gasteiger partial charge in [0.25, 0.3) is 0 Å². The zero-order valence-corrected chi connectivity index (χ0v) is 23.3. The topological polar surface area (TPSA) is 113 Å². The van der Waals surface area contributed by atoms with Crippen LogP contribution in [-0.4, -0.2) is 34.0 Å². The van der Waals surface area contributed by atoms with Gasteiger partial charge in [-0.15, -0.1) is 0 Å². The highest BCUT2D eigenvalue weighted by Crippen LogP contribution is 2.41. The van der Waals surface area contributed by atoms with Crippen LogP contribution >= 0.6 is 11.8 Å². The van der Waals surface area contributed by atoms with Crippen LogP contribution in [0.3, 0.4) is 0 Å². The maximum Gasteiger partial charge on any atom is 0.408 e. The second-order valence-electron chi connectivity index (χ2n) is 9.41. The largest absolute Gasteiger partial charge is 0.467 e. The summed E-state index contributed by atoms with van der Waals surface area (Å²) in [7, 11) is 0. The molecule has 1 aliphatic heterocycles. The summed E-state index contributed by atoms with van der Waals surface area (Å²) in [4.78, 5) is 44.3. The van der Waals surface area contributed by atoms with Crippen molar-refractivity contribution in [3.8, 4) is 0 Å². The number of furan rings is 1. The van der Waals surface area contributed by atoms with Crippen molar-refractivity contribution in [3.05, 3.63) is 120 Å². The van der Waals surface area contributed by atoms with Gasteiger partial charge in [0.15, 0.2) is 5.17 Å². The van der Waals surface area contributed by atoms with Gasteiger partial charge < -0.3 is 19.8 Å². The molecule has 1 aromatic heterocycles. The fraction of sp³-hybridized carbons (Fsp3) is 0.161. The minimum absolute atomic E-state index is 0.0912. The van der Waals surface area contributed by atoms with Crippen molar-refractivity contribution < 1.29 is 27.9 Å². The van der Waals surface area contributed by atoms with E-state index in [0.29, 0.717) is 27.9 Å². The minimum Gasteiger partial charge on any atom is -0.467 e. The zero-order valence-electron chi connectivity index (χ0n) is 22.5. The van der Waals surface area contributed by atoms with Gasteiger partial charge in [-0.05, 0) is 60.5 Å². The molecule has 2 heterocycles. The highest BCUT2D eigenvalue weighted by molar-refractivity contribution is 8.15. The van der Waals surface area contributed by atoms with Gasteiger partial charge in [0.05, 0.1) is 18.5 Å². The van der Waals surface area contributed by atoms with Crippen LogP contribution in [0.4, 0.5) is 20.6 Å². The number of aliphatic imine (C=N–C) groups is 1. The lowest BCUT2D eigenvalue weighted by Gasteiger charge is -2.16. The summed E-state index contributed by atoms with van der Waals surface area (Å²) in [5.74, 6) is -0.470. The number of carbonyl (C=O) groups is 3. The number of nitrogens with zero attached hydrogens (tertiary/aromatic N) is 2. The molecule has 1 unspecified atom stereocenters. The van der Waals surface area contributed by atoms with Crippen molar-refractivity contribution in [2.24, 2.45) is 4.99 Å². The number of nitrogens with one attached hydrogen (secondary N) is 2. The van der Waals surface area contributed by atoms with Crippen LogP contribution < -0.4 is 10.6 Å². The van der Waals surface area contributed by atoms with Crippen LogP contribution in [0.2, 0.25) is 0 Å². The second kappa shape index (κ2) is 13.2. The van der Waals surface area contributed by atoms with Crippen LogP contribution in [0, 0.1) is 5.82 Å². The molecule has 1 aliphatic rings. The molecule has 0 aliphatic carbocycles. The van der Waals surface area contributed by atoms with E-state index < -0.39 is 29.1 Å². The van der Waals surface area contributed by atoms with E-state index in [2.05, 4.69) is 15.6 Å². The first-order valence-electron chi connectivity index (χ1n) is 13.1. The number of ether oxygens (including phenoxy) is 1. The van der Waals surface area contributed by atoms with Gasteiger partial charge in [-0.2, -0.15) is 0 Å². The van der Waals surface area contributed by atoms with Crippen molar-refractivity contribution in [3.63, 3.8) is 0 Å². The van der Waals surface area contributed by atoms with E-state index in [0.717, 1.165) is 5.56 Å². The fourth-order valence-electron chi connectivity index (χ4n) is 4.11. The van der Waals surface area contributed by atoms with Crippen molar-refractivity contribution in [1.29, 1.82) is 0 Å². The van der Waals surface area contributed by atoms with Crippen LogP contribution in [0.1, 0.15) is 29.1 Å². The van der Waals surface area contributed by atoms with Gasteiger partial charge in [-0.25, -0.2) is 14.2 Å². The number of hydrogen-bond acceptors (Lipinski definition) is 7. The molecule has 2 atom stereocenters. The Labute approximate surface area is 245 Å². The Bertz CT molecular complexity index is 1580.